The third kappa shape index (κ3) is 3.60. The average molecular weight is 297 g/mol. The molecule has 3 rings (SSSR count). The van der Waals surface area contributed by atoms with E-state index in [1.54, 1.807) is 12.4 Å². The van der Waals surface area contributed by atoms with Crippen molar-refractivity contribution in [3.8, 4) is 0 Å². The largest absolute Gasteiger partial charge is 0.355 e. The van der Waals surface area contributed by atoms with Gasteiger partial charge in [-0.2, -0.15) is 0 Å². The van der Waals surface area contributed by atoms with Crippen LogP contribution in [0, 0.1) is 6.92 Å². The number of piperidine rings is 1. The standard InChI is InChI=1S/C17H23N5/c1-14-5-3-7-17(20-14)22-10-4-6-16(13-22)21(2)12-15-11-18-8-9-19-15/h3,5,7-9,11,16H,4,6,10,12-13H2,1-2H3. The Morgan fingerprint density at radius 3 is 3.00 bits per heavy atom. The van der Waals surface area contributed by atoms with Gasteiger partial charge in [-0.1, -0.05) is 6.07 Å². The highest BCUT2D eigenvalue weighted by atomic mass is 15.2. The van der Waals surface area contributed by atoms with Crippen LogP contribution in [0.3, 0.4) is 0 Å². The average Bonchev–Trinajstić information content (AvgIpc) is 2.56. The monoisotopic (exact) mass is 297 g/mol. The lowest BCUT2D eigenvalue weighted by Crippen LogP contribution is -2.46. The van der Waals surface area contributed by atoms with Gasteiger partial charge in [0.15, 0.2) is 0 Å². The van der Waals surface area contributed by atoms with Crippen LogP contribution in [0.1, 0.15) is 24.2 Å². The van der Waals surface area contributed by atoms with Crippen LogP contribution in [-0.2, 0) is 6.54 Å². The highest BCUT2D eigenvalue weighted by Crippen LogP contribution is 2.21. The van der Waals surface area contributed by atoms with Gasteiger partial charge in [-0.05, 0) is 38.9 Å². The molecule has 0 spiro atoms. The lowest BCUT2D eigenvalue weighted by Gasteiger charge is -2.38. The summed E-state index contributed by atoms with van der Waals surface area (Å²) in [5.74, 6) is 1.10. The van der Waals surface area contributed by atoms with Gasteiger partial charge in [0.2, 0.25) is 0 Å². The minimum absolute atomic E-state index is 0.526. The van der Waals surface area contributed by atoms with E-state index in [4.69, 9.17) is 0 Å². The third-order valence-corrected chi connectivity index (χ3v) is 4.25. The Hall–Kier alpha value is -2.01. The van der Waals surface area contributed by atoms with Gasteiger partial charge < -0.3 is 4.90 Å². The number of aromatic nitrogens is 3. The summed E-state index contributed by atoms with van der Waals surface area (Å²) in [6.45, 7) is 5.00. The van der Waals surface area contributed by atoms with Crippen molar-refractivity contribution in [1.29, 1.82) is 0 Å². The van der Waals surface area contributed by atoms with Gasteiger partial charge >= 0.3 is 0 Å². The first-order valence-electron chi connectivity index (χ1n) is 7.86. The number of pyridine rings is 1. The molecule has 0 aliphatic carbocycles. The molecule has 1 saturated heterocycles. The van der Waals surface area contributed by atoms with E-state index in [0.29, 0.717) is 6.04 Å². The lowest BCUT2D eigenvalue weighted by atomic mass is 10.0. The van der Waals surface area contributed by atoms with Crippen molar-refractivity contribution in [2.45, 2.75) is 32.4 Å². The summed E-state index contributed by atoms with van der Waals surface area (Å²) in [5, 5.41) is 0. The Kier molecular flexibility index (Phi) is 4.63. The summed E-state index contributed by atoms with van der Waals surface area (Å²) in [6, 6.07) is 6.77. The molecule has 2 aromatic rings. The molecule has 0 radical (unpaired) electrons. The number of hydrogen-bond acceptors (Lipinski definition) is 5. The van der Waals surface area contributed by atoms with Gasteiger partial charge in [-0.3, -0.25) is 14.9 Å². The Balaban J connectivity index is 1.65. The topological polar surface area (TPSA) is 45.2 Å². The molecule has 1 fully saturated rings. The Bertz CT molecular complexity index is 601. The summed E-state index contributed by atoms with van der Waals surface area (Å²) in [7, 11) is 2.17. The molecule has 116 valence electrons. The second-order valence-corrected chi connectivity index (χ2v) is 5.99. The fourth-order valence-corrected chi connectivity index (χ4v) is 3.02. The highest BCUT2D eigenvalue weighted by Gasteiger charge is 2.24. The van der Waals surface area contributed by atoms with Crippen molar-refractivity contribution in [3.63, 3.8) is 0 Å². The van der Waals surface area contributed by atoms with E-state index in [9.17, 15) is 0 Å². The molecule has 1 aliphatic heterocycles. The molecular formula is C17H23N5. The maximum absolute atomic E-state index is 4.66. The Morgan fingerprint density at radius 1 is 1.32 bits per heavy atom. The van der Waals surface area contributed by atoms with E-state index in [2.05, 4.69) is 43.9 Å². The molecule has 0 saturated carbocycles. The number of rotatable bonds is 4. The number of hydrogen-bond donors (Lipinski definition) is 0. The van der Waals surface area contributed by atoms with Crippen molar-refractivity contribution in [2.75, 3.05) is 25.0 Å². The van der Waals surface area contributed by atoms with Gasteiger partial charge in [0.25, 0.3) is 0 Å². The minimum Gasteiger partial charge on any atom is -0.355 e. The third-order valence-electron chi connectivity index (χ3n) is 4.25. The van der Waals surface area contributed by atoms with Gasteiger partial charge in [0.1, 0.15) is 5.82 Å². The maximum atomic E-state index is 4.66. The maximum Gasteiger partial charge on any atom is 0.128 e. The molecule has 1 unspecified atom stereocenters. The number of likely N-dealkylation sites (N-methyl/N-ethyl adjacent to an activating group) is 1. The minimum atomic E-state index is 0.526. The van der Waals surface area contributed by atoms with Crippen LogP contribution in [0.5, 0.6) is 0 Å². The zero-order chi connectivity index (χ0) is 15.4. The second-order valence-electron chi connectivity index (χ2n) is 5.99. The van der Waals surface area contributed by atoms with E-state index in [1.165, 1.54) is 12.8 Å². The highest BCUT2D eigenvalue weighted by molar-refractivity contribution is 5.40. The van der Waals surface area contributed by atoms with E-state index in [-0.39, 0.29) is 0 Å². The zero-order valence-corrected chi connectivity index (χ0v) is 13.3. The fourth-order valence-electron chi connectivity index (χ4n) is 3.02. The molecule has 3 heterocycles. The SMILES string of the molecule is Cc1cccc(N2CCCC(N(C)Cc3cnccn3)C2)n1. The van der Waals surface area contributed by atoms with Crippen LogP contribution in [0.2, 0.25) is 0 Å². The summed E-state index contributed by atoms with van der Waals surface area (Å²) in [5.41, 5.74) is 2.10. The predicted molar refractivity (Wildman–Crippen MR) is 87.7 cm³/mol. The smallest absolute Gasteiger partial charge is 0.128 e. The molecule has 0 amide bonds. The zero-order valence-electron chi connectivity index (χ0n) is 13.3. The van der Waals surface area contributed by atoms with Crippen molar-refractivity contribution in [2.24, 2.45) is 0 Å². The number of nitrogens with zero attached hydrogens (tertiary/aromatic N) is 5. The molecule has 2 aromatic heterocycles. The van der Waals surface area contributed by atoms with Crippen molar-refractivity contribution in [3.05, 3.63) is 48.2 Å². The van der Waals surface area contributed by atoms with Crippen molar-refractivity contribution < 1.29 is 0 Å². The molecule has 1 aliphatic rings. The van der Waals surface area contributed by atoms with Crippen LogP contribution >= 0.6 is 0 Å². The van der Waals surface area contributed by atoms with E-state index < -0.39 is 0 Å². The van der Waals surface area contributed by atoms with Gasteiger partial charge in [-0.15, -0.1) is 0 Å². The quantitative estimate of drug-likeness (QED) is 0.866. The summed E-state index contributed by atoms with van der Waals surface area (Å²) in [6.07, 6.45) is 7.74. The van der Waals surface area contributed by atoms with E-state index in [0.717, 1.165) is 36.8 Å². The van der Waals surface area contributed by atoms with E-state index in [1.807, 2.05) is 19.2 Å². The molecule has 5 nitrogen and oxygen atoms in total. The molecule has 0 N–H and O–H groups in total. The predicted octanol–water partition coefficient (Wildman–Crippen LogP) is 2.28. The first-order valence-corrected chi connectivity index (χ1v) is 7.86. The molecule has 1 atom stereocenters. The first-order chi connectivity index (χ1) is 10.7. The Morgan fingerprint density at radius 2 is 2.23 bits per heavy atom. The number of anilines is 1. The lowest BCUT2D eigenvalue weighted by molar-refractivity contribution is 0.205. The number of aryl methyl sites for hydroxylation is 1. The summed E-state index contributed by atoms with van der Waals surface area (Å²) >= 11 is 0. The van der Waals surface area contributed by atoms with Crippen molar-refractivity contribution >= 4 is 5.82 Å². The molecule has 0 aromatic carbocycles. The van der Waals surface area contributed by atoms with Crippen molar-refractivity contribution in [1.82, 2.24) is 19.9 Å². The first kappa shape index (κ1) is 14.9. The Labute approximate surface area is 132 Å². The molecule has 0 bridgehead atoms. The summed E-state index contributed by atoms with van der Waals surface area (Å²) < 4.78 is 0. The fraction of sp³-hybridized carbons (Fsp3) is 0.471. The summed E-state index contributed by atoms with van der Waals surface area (Å²) in [4.78, 5) is 18.0. The van der Waals surface area contributed by atoms with Crippen LogP contribution in [0.4, 0.5) is 5.82 Å². The van der Waals surface area contributed by atoms with Crippen LogP contribution in [0.15, 0.2) is 36.8 Å². The normalized spacial score (nSPS) is 18.7. The van der Waals surface area contributed by atoms with Crippen LogP contribution < -0.4 is 4.90 Å². The molecular weight excluding hydrogens is 274 g/mol. The van der Waals surface area contributed by atoms with Gasteiger partial charge in [-0.25, -0.2) is 4.98 Å². The van der Waals surface area contributed by atoms with Gasteiger partial charge in [0.05, 0.1) is 5.69 Å². The molecule has 22 heavy (non-hydrogen) atoms. The molecule has 5 heteroatoms. The van der Waals surface area contributed by atoms with Crippen LogP contribution in [0.25, 0.3) is 0 Å². The van der Waals surface area contributed by atoms with Gasteiger partial charge in [0, 0.05) is 50.0 Å². The second kappa shape index (κ2) is 6.83. The van der Waals surface area contributed by atoms with E-state index >= 15 is 0 Å². The van der Waals surface area contributed by atoms with Crippen LogP contribution in [-0.4, -0.2) is 46.0 Å².